The minimum absolute atomic E-state index is 0.224. The van der Waals surface area contributed by atoms with E-state index in [1.807, 2.05) is 19.9 Å². The Balaban J connectivity index is 0. The third kappa shape index (κ3) is 15.3. The van der Waals surface area contributed by atoms with Crippen molar-refractivity contribution in [3.8, 4) is 24.7 Å². The molecule has 0 aromatic rings. The van der Waals surface area contributed by atoms with Crippen molar-refractivity contribution >= 4 is 0 Å². The predicted octanol–water partition coefficient (Wildman–Crippen LogP) is 3.39. The van der Waals surface area contributed by atoms with Gasteiger partial charge < -0.3 is 5.11 Å². The van der Waals surface area contributed by atoms with Crippen LogP contribution in [0.1, 0.15) is 46.5 Å². The number of terminal acetylenes is 2. The van der Waals surface area contributed by atoms with Crippen LogP contribution in [-0.4, -0.2) is 11.2 Å². The SMILES string of the molecule is C#CCC/C=C/C.C#CCC[C@H](C)[C@H](C)O. The lowest BCUT2D eigenvalue weighted by Crippen LogP contribution is -2.12. The second-order valence-corrected chi connectivity index (χ2v) is 3.77. The van der Waals surface area contributed by atoms with Gasteiger partial charge in [-0.3, -0.25) is 0 Å². The van der Waals surface area contributed by atoms with Gasteiger partial charge in [0, 0.05) is 12.8 Å². The quantitative estimate of drug-likeness (QED) is 0.428. The fourth-order valence-corrected chi connectivity index (χ4v) is 0.886. The van der Waals surface area contributed by atoms with Gasteiger partial charge in [0.05, 0.1) is 6.10 Å². The molecule has 0 aliphatic heterocycles. The van der Waals surface area contributed by atoms with Crippen molar-refractivity contribution in [1.29, 1.82) is 0 Å². The maximum absolute atomic E-state index is 8.98. The molecule has 0 fully saturated rings. The number of hydrogen-bond acceptors (Lipinski definition) is 1. The Morgan fingerprint density at radius 1 is 1.19 bits per heavy atom. The molecule has 0 bridgehead atoms. The van der Waals surface area contributed by atoms with Crippen LogP contribution in [0.3, 0.4) is 0 Å². The van der Waals surface area contributed by atoms with E-state index >= 15 is 0 Å². The summed E-state index contributed by atoms with van der Waals surface area (Å²) in [4.78, 5) is 0. The van der Waals surface area contributed by atoms with Gasteiger partial charge in [-0.05, 0) is 32.6 Å². The van der Waals surface area contributed by atoms with Crippen molar-refractivity contribution in [2.24, 2.45) is 5.92 Å². The van der Waals surface area contributed by atoms with Crippen LogP contribution in [0, 0.1) is 30.6 Å². The number of aliphatic hydroxyl groups is 1. The van der Waals surface area contributed by atoms with Gasteiger partial charge in [0.1, 0.15) is 0 Å². The minimum atomic E-state index is -0.224. The summed E-state index contributed by atoms with van der Waals surface area (Å²) in [7, 11) is 0. The summed E-state index contributed by atoms with van der Waals surface area (Å²) in [5.74, 6) is 5.43. The van der Waals surface area contributed by atoms with E-state index in [0.717, 1.165) is 25.7 Å². The lowest BCUT2D eigenvalue weighted by Gasteiger charge is -2.11. The average molecular weight is 220 g/mol. The highest BCUT2D eigenvalue weighted by molar-refractivity contribution is 4.88. The Bertz CT molecular complexity index is 237. The zero-order chi connectivity index (χ0) is 12.8. The largest absolute Gasteiger partial charge is 0.393 e. The van der Waals surface area contributed by atoms with Gasteiger partial charge in [0.2, 0.25) is 0 Å². The molecule has 0 aromatic heterocycles. The Labute approximate surface area is 101 Å². The van der Waals surface area contributed by atoms with Crippen molar-refractivity contribution in [3.05, 3.63) is 12.2 Å². The fourth-order valence-electron chi connectivity index (χ4n) is 0.886. The predicted molar refractivity (Wildman–Crippen MR) is 71.8 cm³/mol. The summed E-state index contributed by atoms with van der Waals surface area (Å²) in [6.07, 6.45) is 17.5. The fraction of sp³-hybridized carbons (Fsp3) is 0.600. The molecule has 0 radical (unpaired) electrons. The van der Waals surface area contributed by atoms with Crippen LogP contribution in [0.15, 0.2) is 12.2 Å². The zero-order valence-electron chi connectivity index (χ0n) is 10.7. The van der Waals surface area contributed by atoms with Gasteiger partial charge >= 0.3 is 0 Å². The second-order valence-electron chi connectivity index (χ2n) is 3.77. The number of rotatable bonds is 5. The molecule has 0 aromatic carbocycles. The monoisotopic (exact) mass is 220 g/mol. The highest BCUT2D eigenvalue weighted by atomic mass is 16.3. The molecule has 90 valence electrons. The maximum atomic E-state index is 8.98. The summed E-state index contributed by atoms with van der Waals surface area (Å²) < 4.78 is 0. The summed E-state index contributed by atoms with van der Waals surface area (Å²) in [6.45, 7) is 5.79. The molecule has 1 nitrogen and oxygen atoms in total. The van der Waals surface area contributed by atoms with Gasteiger partial charge in [-0.25, -0.2) is 0 Å². The van der Waals surface area contributed by atoms with Crippen LogP contribution in [-0.2, 0) is 0 Å². The average Bonchev–Trinajstić information content (AvgIpc) is 2.27. The first-order valence-electron chi connectivity index (χ1n) is 5.76. The van der Waals surface area contributed by atoms with Gasteiger partial charge in [-0.2, -0.15) is 0 Å². The third-order valence-corrected chi connectivity index (χ3v) is 2.26. The molecule has 0 aliphatic carbocycles. The number of unbranched alkanes of at least 4 members (excludes halogenated alkanes) is 1. The molecule has 0 heterocycles. The van der Waals surface area contributed by atoms with E-state index in [-0.39, 0.29) is 6.10 Å². The van der Waals surface area contributed by atoms with Gasteiger partial charge in [-0.1, -0.05) is 19.1 Å². The summed E-state index contributed by atoms with van der Waals surface area (Å²) in [5, 5.41) is 8.98. The molecule has 0 aliphatic rings. The molecular formula is C15H24O. The summed E-state index contributed by atoms with van der Waals surface area (Å²) in [5.41, 5.74) is 0. The van der Waals surface area contributed by atoms with Crippen molar-refractivity contribution in [2.45, 2.75) is 52.6 Å². The van der Waals surface area contributed by atoms with Gasteiger partial charge in [0.15, 0.2) is 0 Å². The third-order valence-electron chi connectivity index (χ3n) is 2.26. The number of aliphatic hydroxyl groups excluding tert-OH is 1. The van der Waals surface area contributed by atoms with E-state index in [1.54, 1.807) is 6.92 Å². The summed E-state index contributed by atoms with van der Waals surface area (Å²) in [6, 6.07) is 0. The highest BCUT2D eigenvalue weighted by Gasteiger charge is 2.06. The van der Waals surface area contributed by atoms with E-state index < -0.39 is 0 Å². The Morgan fingerprint density at radius 2 is 1.75 bits per heavy atom. The van der Waals surface area contributed by atoms with Crippen molar-refractivity contribution < 1.29 is 5.11 Å². The molecular weight excluding hydrogens is 196 g/mol. The summed E-state index contributed by atoms with van der Waals surface area (Å²) >= 11 is 0. The lowest BCUT2D eigenvalue weighted by molar-refractivity contribution is 0.131. The van der Waals surface area contributed by atoms with Crippen molar-refractivity contribution in [3.63, 3.8) is 0 Å². The van der Waals surface area contributed by atoms with Crippen LogP contribution in [0.2, 0.25) is 0 Å². The first-order chi connectivity index (χ1) is 7.59. The Kier molecular flexibility index (Phi) is 14.9. The standard InChI is InChI=1S/C8H14O.C7H10/c1-4-5-6-7(2)8(3)9;1-3-5-7-6-4-2/h1,7-9H,5-6H2,2-3H3;1,4,6H,5,7H2,2H3/b;6-4+/t7-,8-;/m0./s1. The molecule has 0 unspecified atom stereocenters. The lowest BCUT2D eigenvalue weighted by atomic mass is 10.0. The van der Waals surface area contributed by atoms with E-state index in [9.17, 15) is 0 Å². The molecule has 1 N–H and O–H groups in total. The topological polar surface area (TPSA) is 20.2 Å². The smallest absolute Gasteiger partial charge is 0.0537 e. The molecule has 16 heavy (non-hydrogen) atoms. The number of allylic oxidation sites excluding steroid dienone is 2. The van der Waals surface area contributed by atoms with E-state index in [2.05, 4.69) is 17.9 Å². The van der Waals surface area contributed by atoms with E-state index in [1.165, 1.54) is 0 Å². The van der Waals surface area contributed by atoms with Crippen LogP contribution >= 0.6 is 0 Å². The molecule has 2 atom stereocenters. The van der Waals surface area contributed by atoms with Crippen molar-refractivity contribution in [1.82, 2.24) is 0 Å². The van der Waals surface area contributed by atoms with Crippen LogP contribution in [0.5, 0.6) is 0 Å². The first-order valence-corrected chi connectivity index (χ1v) is 5.76. The number of hydrogen-bond donors (Lipinski definition) is 1. The normalized spacial score (nSPS) is 13.1. The maximum Gasteiger partial charge on any atom is 0.0537 e. The van der Waals surface area contributed by atoms with Gasteiger partial charge in [0.25, 0.3) is 0 Å². The molecule has 1 heteroatoms. The van der Waals surface area contributed by atoms with E-state index in [0.29, 0.717) is 5.92 Å². The Hall–Kier alpha value is -1.18. The van der Waals surface area contributed by atoms with Crippen LogP contribution < -0.4 is 0 Å². The first kappa shape index (κ1) is 17.2. The Morgan fingerprint density at radius 3 is 2.12 bits per heavy atom. The minimum Gasteiger partial charge on any atom is -0.393 e. The molecule has 0 saturated heterocycles. The molecule has 0 amide bonds. The zero-order valence-corrected chi connectivity index (χ0v) is 10.7. The van der Waals surface area contributed by atoms with Gasteiger partial charge in [-0.15, -0.1) is 24.7 Å². The van der Waals surface area contributed by atoms with Crippen LogP contribution in [0.4, 0.5) is 0 Å². The highest BCUT2D eigenvalue weighted by Crippen LogP contribution is 2.08. The molecule has 0 spiro atoms. The van der Waals surface area contributed by atoms with Crippen molar-refractivity contribution in [2.75, 3.05) is 0 Å². The van der Waals surface area contributed by atoms with E-state index in [4.69, 9.17) is 18.0 Å². The second kappa shape index (κ2) is 13.8. The van der Waals surface area contributed by atoms with Crippen LogP contribution in [0.25, 0.3) is 0 Å². The molecule has 0 saturated carbocycles. The molecule has 0 rings (SSSR count).